The molecule has 0 saturated carbocycles. The first kappa shape index (κ1) is 13.5. The van der Waals surface area contributed by atoms with E-state index < -0.39 is 26.5 Å². The van der Waals surface area contributed by atoms with Crippen LogP contribution in [-0.4, -0.2) is 24.0 Å². The van der Waals surface area contributed by atoms with E-state index in [0.717, 1.165) is 10.8 Å². The molecular formula is C15H10O5S. The molecule has 3 aromatic carbocycles. The average molecular weight is 302 g/mol. The standard InChI is InChI=1S/C15H10O5S/c16-15(17)13-7-11-5-9-3-1-2-4-10(9)6-12(11)8-14(13)21(18,19)20/h1-8H,(H,16,17)(H,18,19,20). The molecule has 0 fully saturated rings. The number of hydrogen-bond donors (Lipinski definition) is 2. The molecule has 21 heavy (non-hydrogen) atoms. The van der Waals surface area contributed by atoms with Gasteiger partial charge in [-0.15, -0.1) is 0 Å². The van der Waals surface area contributed by atoms with Crippen molar-refractivity contribution in [1.29, 1.82) is 0 Å². The van der Waals surface area contributed by atoms with Gasteiger partial charge in [0.05, 0.1) is 5.56 Å². The quantitative estimate of drug-likeness (QED) is 0.561. The zero-order chi connectivity index (χ0) is 15.2. The van der Waals surface area contributed by atoms with Crippen LogP contribution in [0.15, 0.2) is 53.4 Å². The summed E-state index contributed by atoms with van der Waals surface area (Å²) in [5, 5.41) is 12.1. The second-order valence-electron chi connectivity index (χ2n) is 4.68. The first-order valence-electron chi connectivity index (χ1n) is 6.03. The summed E-state index contributed by atoms with van der Waals surface area (Å²) in [5.41, 5.74) is -0.444. The zero-order valence-electron chi connectivity index (χ0n) is 10.6. The minimum Gasteiger partial charge on any atom is -0.478 e. The van der Waals surface area contributed by atoms with Crippen molar-refractivity contribution in [2.45, 2.75) is 4.90 Å². The van der Waals surface area contributed by atoms with E-state index in [-0.39, 0.29) is 0 Å². The fourth-order valence-electron chi connectivity index (χ4n) is 2.35. The van der Waals surface area contributed by atoms with Crippen molar-refractivity contribution in [3.05, 3.63) is 54.1 Å². The van der Waals surface area contributed by atoms with Crippen LogP contribution in [0.1, 0.15) is 10.4 Å². The van der Waals surface area contributed by atoms with Gasteiger partial charge in [0, 0.05) is 0 Å². The minimum absolute atomic E-state index is 0.444. The highest BCUT2D eigenvalue weighted by atomic mass is 32.2. The third kappa shape index (κ3) is 2.35. The first-order chi connectivity index (χ1) is 9.86. The molecule has 106 valence electrons. The molecule has 0 heterocycles. The summed E-state index contributed by atoms with van der Waals surface area (Å²) in [7, 11) is -4.60. The summed E-state index contributed by atoms with van der Waals surface area (Å²) in [6.45, 7) is 0. The van der Waals surface area contributed by atoms with E-state index in [1.807, 2.05) is 24.3 Å². The molecule has 0 radical (unpaired) electrons. The van der Waals surface area contributed by atoms with Crippen LogP contribution in [0.2, 0.25) is 0 Å². The zero-order valence-corrected chi connectivity index (χ0v) is 11.5. The Bertz CT molecular complexity index is 990. The van der Waals surface area contributed by atoms with Gasteiger partial charge in [-0.05, 0) is 45.8 Å². The van der Waals surface area contributed by atoms with Gasteiger partial charge in [-0.1, -0.05) is 24.3 Å². The number of carboxylic acids is 1. The number of carbonyl (C=O) groups is 1. The second kappa shape index (κ2) is 4.54. The van der Waals surface area contributed by atoms with Crippen molar-refractivity contribution >= 4 is 37.6 Å². The van der Waals surface area contributed by atoms with Gasteiger partial charge in [0.25, 0.3) is 10.1 Å². The van der Waals surface area contributed by atoms with Crippen molar-refractivity contribution in [3.63, 3.8) is 0 Å². The summed E-state index contributed by atoms with van der Waals surface area (Å²) >= 11 is 0. The van der Waals surface area contributed by atoms with Gasteiger partial charge >= 0.3 is 5.97 Å². The third-order valence-electron chi connectivity index (χ3n) is 3.31. The normalized spacial score (nSPS) is 11.9. The van der Waals surface area contributed by atoms with Gasteiger partial charge in [0.1, 0.15) is 4.90 Å². The lowest BCUT2D eigenvalue weighted by Gasteiger charge is -2.07. The van der Waals surface area contributed by atoms with Gasteiger partial charge in [-0.2, -0.15) is 8.42 Å². The maximum Gasteiger partial charge on any atom is 0.337 e. The average Bonchev–Trinajstić information content (AvgIpc) is 2.42. The predicted octanol–water partition coefficient (Wildman–Crippen LogP) is 2.94. The van der Waals surface area contributed by atoms with Crippen molar-refractivity contribution in [2.24, 2.45) is 0 Å². The lowest BCUT2D eigenvalue weighted by Crippen LogP contribution is -2.08. The summed E-state index contributed by atoms with van der Waals surface area (Å²) in [4.78, 5) is 10.6. The Balaban J connectivity index is 2.45. The van der Waals surface area contributed by atoms with Gasteiger partial charge in [-0.25, -0.2) is 4.79 Å². The molecule has 0 aliphatic carbocycles. The second-order valence-corrected chi connectivity index (χ2v) is 6.07. The highest BCUT2D eigenvalue weighted by Crippen LogP contribution is 2.28. The van der Waals surface area contributed by atoms with Crippen LogP contribution in [0.25, 0.3) is 21.5 Å². The van der Waals surface area contributed by atoms with E-state index >= 15 is 0 Å². The lowest BCUT2D eigenvalue weighted by molar-refractivity contribution is 0.0692. The Morgan fingerprint density at radius 2 is 1.38 bits per heavy atom. The van der Waals surface area contributed by atoms with E-state index in [1.54, 1.807) is 12.1 Å². The van der Waals surface area contributed by atoms with Crippen molar-refractivity contribution in [1.82, 2.24) is 0 Å². The van der Waals surface area contributed by atoms with Crippen LogP contribution >= 0.6 is 0 Å². The third-order valence-corrected chi connectivity index (χ3v) is 4.21. The molecule has 0 amide bonds. The Morgan fingerprint density at radius 3 is 1.86 bits per heavy atom. The molecule has 6 heteroatoms. The fourth-order valence-corrected chi connectivity index (χ4v) is 3.05. The number of benzene rings is 3. The molecule has 0 unspecified atom stereocenters. The van der Waals surface area contributed by atoms with Gasteiger partial charge in [0.15, 0.2) is 0 Å². The van der Waals surface area contributed by atoms with Gasteiger partial charge in [-0.3, -0.25) is 4.55 Å². The molecule has 0 aromatic heterocycles. The van der Waals surface area contributed by atoms with E-state index in [1.165, 1.54) is 12.1 Å². The minimum atomic E-state index is -4.60. The molecular weight excluding hydrogens is 292 g/mol. The largest absolute Gasteiger partial charge is 0.478 e. The summed E-state index contributed by atoms with van der Waals surface area (Å²) < 4.78 is 31.9. The number of hydrogen-bond acceptors (Lipinski definition) is 3. The molecule has 0 aliphatic rings. The van der Waals surface area contributed by atoms with Crippen LogP contribution in [0.5, 0.6) is 0 Å². The monoisotopic (exact) mass is 302 g/mol. The Morgan fingerprint density at radius 1 is 0.857 bits per heavy atom. The number of aromatic carboxylic acids is 1. The number of fused-ring (bicyclic) bond motifs is 2. The maximum absolute atomic E-state index is 11.4. The highest BCUT2D eigenvalue weighted by molar-refractivity contribution is 7.86. The lowest BCUT2D eigenvalue weighted by atomic mass is 10.0. The van der Waals surface area contributed by atoms with Crippen LogP contribution in [0.3, 0.4) is 0 Å². The Labute approximate surface area is 120 Å². The maximum atomic E-state index is 11.4. The molecule has 0 saturated heterocycles. The van der Waals surface area contributed by atoms with Crippen molar-refractivity contribution in [2.75, 3.05) is 0 Å². The molecule has 0 bridgehead atoms. The molecule has 3 rings (SSSR count). The van der Waals surface area contributed by atoms with E-state index in [4.69, 9.17) is 5.11 Å². The Kier molecular flexibility index (Phi) is 2.93. The predicted molar refractivity (Wildman–Crippen MR) is 78.2 cm³/mol. The summed E-state index contributed by atoms with van der Waals surface area (Å²) in [5.74, 6) is -1.40. The van der Waals surface area contributed by atoms with Crippen molar-refractivity contribution in [3.8, 4) is 0 Å². The molecule has 0 spiro atoms. The molecule has 3 aromatic rings. The first-order valence-corrected chi connectivity index (χ1v) is 7.47. The summed E-state index contributed by atoms with van der Waals surface area (Å²) in [6.07, 6.45) is 0. The van der Waals surface area contributed by atoms with Crippen LogP contribution < -0.4 is 0 Å². The van der Waals surface area contributed by atoms with Crippen molar-refractivity contribution < 1.29 is 22.9 Å². The van der Waals surface area contributed by atoms with E-state index in [9.17, 15) is 17.8 Å². The van der Waals surface area contributed by atoms with Crippen LogP contribution in [0.4, 0.5) is 0 Å². The summed E-state index contributed by atoms with van der Waals surface area (Å²) in [6, 6.07) is 13.4. The number of carboxylic acid groups (broad SMARTS) is 1. The van der Waals surface area contributed by atoms with Gasteiger partial charge < -0.3 is 5.11 Å². The van der Waals surface area contributed by atoms with Gasteiger partial charge in [0.2, 0.25) is 0 Å². The molecule has 0 aliphatic heterocycles. The topological polar surface area (TPSA) is 91.7 Å². The highest BCUT2D eigenvalue weighted by Gasteiger charge is 2.21. The molecule has 0 atom stereocenters. The van der Waals surface area contributed by atoms with E-state index in [2.05, 4.69) is 0 Å². The molecule has 5 nitrogen and oxygen atoms in total. The Hall–Kier alpha value is -2.44. The fraction of sp³-hybridized carbons (Fsp3) is 0. The smallest absolute Gasteiger partial charge is 0.337 e. The number of rotatable bonds is 2. The molecule has 2 N–H and O–H groups in total. The van der Waals surface area contributed by atoms with Crippen LogP contribution in [0, 0.1) is 0 Å². The van der Waals surface area contributed by atoms with E-state index in [0.29, 0.717) is 10.8 Å². The SMILES string of the molecule is O=C(O)c1cc2cc3ccccc3cc2cc1S(=O)(=O)O. The van der Waals surface area contributed by atoms with Crippen LogP contribution in [-0.2, 0) is 10.1 Å².